The minimum absolute atomic E-state index is 0.234. The van der Waals surface area contributed by atoms with Crippen molar-refractivity contribution in [3.8, 4) is 0 Å². The van der Waals surface area contributed by atoms with Gasteiger partial charge in [-0.05, 0) is 37.5 Å². The van der Waals surface area contributed by atoms with Crippen LogP contribution in [0, 0.1) is 19.8 Å². The molecule has 1 aromatic carbocycles. The quantitative estimate of drug-likeness (QED) is 0.802. The molecule has 2 amide bonds. The van der Waals surface area contributed by atoms with E-state index < -0.39 is 11.8 Å². The summed E-state index contributed by atoms with van der Waals surface area (Å²) >= 11 is 5.90. The highest BCUT2D eigenvalue weighted by molar-refractivity contribution is 6.39. The second-order valence-electron chi connectivity index (χ2n) is 6.39. The first-order chi connectivity index (χ1) is 11.8. The molecule has 0 unspecified atom stereocenters. The van der Waals surface area contributed by atoms with Gasteiger partial charge in [-0.2, -0.15) is 5.10 Å². The second-order valence-corrected chi connectivity index (χ2v) is 6.82. The van der Waals surface area contributed by atoms with Gasteiger partial charge in [0.25, 0.3) is 0 Å². The minimum Gasteiger partial charge on any atom is -0.344 e. The van der Waals surface area contributed by atoms with Crippen LogP contribution in [0.3, 0.4) is 0 Å². The van der Waals surface area contributed by atoms with Gasteiger partial charge in [0, 0.05) is 18.1 Å². The van der Waals surface area contributed by atoms with Crippen molar-refractivity contribution in [1.29, 1.82) is 0 Å². The Labute approximate surface area is 152 Å². The van der Waals surface area contributed by atoms with Crippen molar-refractivity contribution in [2.75, 3.05) is 5.32 Å². The lowest BCUT2D eigenvalue weighted by Crippen LogP contribution is -2.35. The highest BCUT2D eigenvalue weighted by Gasteiger charge is 2.19. The van der Waals surface area contributed by atoms with Crippen molar-refractivity contribution in [2.24, 2.45) is 5.92 Å². The first-order valence-electron chi connectivity index (χ1n) is 8.15. The molecule has 0 fully saturated rings. The molecule has 0 aliphatic carbocycles. The summed E-state index contributed by atoms with van der Waals surface area (Å²) in [5.41, 5.74) is 2.94. The van der Waals surface area contributed by atoms with E-state index >= 15 is 0 Å². The third kappa shape index (κ3) is 5.06. The Kier molecular flexibility index (Phi) is 6.20. The lowest BCUT2D eigenvalue weighted by Gasteiger charge is -2.09. The fourth-order valence-electron chi connectivity index (χ4n) is 2.48. The Balaban J connectivity index is 1.99. The maximum Gasteiger partial charge on any atom is 0.313 e. The summed E-state index contributed by atoms with van der Waals surface area (Å²) < 4.78 is 1.85. The number of hydrogen-bond donors (Lipinski definition) is 2. The fourth-order valence-corrected chi connectivity index (χ4v) is 2.69. The average Bonchev–Trinajstić information content (AvgIpc) is 2.79. The van der Waals surface area contributed by atoms with Gasteiger partial charge in [-0.15, -0.1) is 0 Å². The summed E-state index contributed by atoms with van der Waals surface area (Å²) in [4.78, 5) is 24.2. The van der Waals surface area contributed by atoms with Gasteiger partial charge in [-0.3, -0.25) is 14.3 Å². The van der Waals surface area contributed by atoms with Crippen molar-refractivity contribution in [3.63, 3.8) is 0 Å². The van der Waals surface area contributed by atoms with E-state index in [0.717, 1.165) is 17.8 Å². The zero-order chi connectivity index (χ0) is 18.6. The van der Waals surface area contributed by atoms with Crippen LogP contribution >= 0.6 is 11.6 Å². The van der Waals surface area contributed by atoms with Crippen LogP contribution in [0.25, 0.3) is 0 Å². The van der Waals surface area contributed by atoms with Crippen molar-refractivity contribution in [2.45, 2.75) is 40.8 Å². The molecule has 0 aliphatic heterocycles. The lowest BCUT2D eigenvalue weighted by atomic mass is 10.2. The molecule has 134 valence electrons. The summed E-state index contributed by atoms with van der Waals surface area (Å²) in [6.07, 6.45) is 0. The Morgan fingerprint density at radius 1 is 1.24 bits per heavy atom. The van der Waals surface area contributed by atoms with Gasteiger partial charge in [0.15, 0.2) is 0 Å². The first kappa shape index (κ1) is 19.0. The number of carbonyl (C=O) groups is 2. The predicted molar refractivity (Wildman–Crippen MR) is 98.5 cm³/mol. The topological polar surface area (TPSA) is 76.0 Å². The van der Waals surface area contributed by atoms with Crippen molar-refractivity contribution in [3.05, 3.63) is 46.2 Å². The van der Waals surface area contributed by atoms with E-state index in [9.17, 15) is 9.59 Å². The average molecular weight is 363 g/mol. The molecule has 0 bridgehead atoms. The lowest BCUT2D eigenvalue weighted by molar-refractivity contribution is -0.136. The van der Waals surface area contributed by atoms with Crippen LogP contribution in [-0.2, 0) is 22.7 Å². The van der Waals surface area contributed by atoms with Crippen molar-refractivity contribution >= 4 is 29.1 Å². The predicted octanol–water partition coefficient (Wildman–Crippen LogP) is 3.06. The molecule has 0 saturated heterocycles. The van der Waals surface area contributed by atoms with Gasteiger partial charge in [-0.1, -0.05) is 37.6 Å². The third-order valence-corrected chi connectivity index (χ3v) is 3.94. The van der Waals surface area contributed by atoms with Gasteiger partial charge in [0.2, 0.25) is 0 Å². The Morgan fingerprint density at radius 3 is 2.60 bits per heavy atom. The maximum atomic E-state index is 12.2. The number of aryl methyl sites for hydroxylation is 1. The normalized spacial score (nSPS) is 10.8. The summed E-state index contributed by atoms with van der Waals surface area (Å²) in [6.45, 7) is 8.86. The van der Waals surface area contributed by atoms with Crippen LogP contribution in [-0.4, -0.2) is 21.6 Å². The Bertz CT molecular complexity index is 783. The smallest absolute Gasteiger partial charge is 0.313 e. The summed E-state index contributed by atoms with van der Waals surface area (Å²) in [5, 5.41) is 10.3. The van der Waals surface area contributed by atoms with Crippen LogP contribution in [0.5, 0.6) is 0 Å². The standard InChI is InChI=1S/C18H23ClN4O2/c1-11(2)10-23-13(4)16(12(3)22-23)21-18(25)17(24)20-9-14-6-5-7-15(19)8-14/h5-8,11H,9-10H2,1-4H3,(H,20,24)(H,21,25). The highest BCUT2D eigenvalue weighted by atomic mass is 35.5. The monoisotopic (exact) mass is 362 g/mol. The molecule has 0 atom stereocenters. The van der Waals surface area contributed by atoms with Gasteiger partial charge in [0.05, 0.1) is 17.1 Å². The zero-order valence-electron chi connectivity index (χ0n) is 14.9. The maximum absolute atomic E-state index is 12.2. The number of benzene rings is 1. The number of halogens is 1. The van der Waals surface area contributed by atoms with Crippen molar-refractivity contribution < 1.29 is 9.59 Å². The van der Waals surface area contributed by atoms with Crippen LogP contribution in [0.15, 0.2) is 24.3 Å². The number of amides is 2. The minimum atomic E-state index is -0.711. The molecule has 1 heterocycles. The Hall–Kier alpha value is -2.34. The SMILES string of the molecule is Cc1nn(CC(C)C)c(C)c1NC(=O)C(=O)NCc1cccc(Cl)c1. The zero-order valence-corrected chi connectivity index (χ0v) is 15.6. The number of carbonyl (C=O) groups excluding carboxylic acids is 2. The molecule has 0 saturated carbocycles. The van der Waals surface area contributed by atoms with Gasteiger partial charge in [0.1, 0.15) is 0 Å². The molecule has 1 aromatic heterocycles. The molecule has 0 radical (unpaired) electrons. The van der Waals surface area contributed by atoms with Gasteiger partial charge < -0.3 is 10.6 Å². The van der Waals surface area contributed by atoms with Crippen LogP contribution in [0.2, 0.25) is 5.02 Å². The van der Waals surface area contributed by atoms with E-state index in [-0.39, 0.29) is 6.54 Å². The van der Waals surface area contributed by atoms with Gasteiger partial charge >= 0.3 is 11.8 Å². The number of rotatable bonds is 5. The molecule has 7 heteroatoms. The molecule has 2 rings (SSSR count). The number of aromatic nitrogens is 2. The molecule has 2 N–H and O–H groups in total. The van der Waals surface area contributed by atoms with Crippen molar-refractivity contribution in [1.82, 2.24) is 15.1 Å². The first-order valence-corrected chi connectivity index (χ1v) is 8.53. The molecular weight excluding hydrogens is 340 g/mol. The molecule has 0 spiro atoms. The largest absolute Gasteiger partial charge is 0.344 e. The fraction of sp³-hybridized carbons (Fsp3) is 0.389. The van der Waals surface area contributed by atoms with E-state index in [1.54, 1.807) is 18.2 Å². The molecule has 0 aliphatic rings. The second kappa shape index (κ2) is 8.16. The summed E-state index contributed by atoms with van der Waals surface area (Å²) in [7, 11) is 0. The van der Waals surface area contributed by atoms with E-state index in [1.165, 1.54) is 0 Å². The van der Waals surface area contributed by atoms with Crippen LogP contribution in [0.1, 0.15) is 30.8 Å². The number of hydrogen-bond acceptors (Lipinski definition) is 3. The van der Waals surface area contributed by atoms with Crippen LogP contribution < -0.4 is 10.6 Å². The number of nitrogens with one attached hydrogen (secondary N) is 2. The van der Waals surface area contributed by atoms with E-state index in [1.807, 2.05) is 24.6 Å². The molecule has 6 nitrogen and oxygen atoms in total. The van der Waals surface area contributed by atoms with Gasteiger partial charge in [-0.25, -0.2) is 0 Å². The number of nitrogens with zero attached hydrogens (tertiary/aromatic N) is 2. The van der Waals surface area contributed by atoms with E-state index in [4.69, 9.17) is 11.6 Å². The van der Waals surface area contributed by atoms with Crippen LogP contribution in [0.4, 0.5) is 5.69 Å². The number of anilines is 1. The Morgan fingerprint density at radius 2 is 1.96 bits per heavy atom. The van der Waals surface area contributed by atoms with E-state index in [0.29, 0.717) is 22.3 Å². The summed E-state index contributed by atoms with van der Waals surface area (Å²) in [6, 6.07) is 7.11. The highest BCUT2D eigenvalue weighted by Crippen LogP contribution is 2.20. The molecule has 2 aromatic rings. The van der Waals surface area contributed by atoms with E-state index in [2.05, 4.69) is 29.6 Å². The molecular formula is C18H23ClN4O2. The summed E-state index contributed by atoms with van der Waals surface area (Å²) in [5.74, 6) is -0.977. The molecule has 25 heavy (non-hydrogen) atoms. The third-order valence-electron chi connectivity index (χ3n) is 3.71.